The minimum atomic E-state index is -0.247. The van der Waals surface area contributed by atoms with Gasteiger partial charge in [0.05, 0.1) is 12.3 Å². The molecule has 1 atom stereocenters. The van der Waals surface area contributed by atoms with Gasteiger partial charge in [-0.1, -0.05) is 61.7 Å². The van der Waals surface area contributed by atoms with E-state index in [0.29, 0.717) is 24.8 Å². The highest BCUT2D eigenvalue weighted by molar-refractivity contribution is 7.98. The molecule has 1 aromatic heterocycles. The highest BCUT2D eigenvalue weighted by Crippen LogP contribution is 2.26. The fraction of sp³-hybridized carbons (Fsp3) is 0.452. The molecule has 0 bridgehead atoms. The molecular formula is C31H44FN7O2S2. The van der Waals surface area contributed by atoms with E-state index in [4.69, 9.17) is 16.2 Å². The Morgan fingerprint density at radius 3 is 2.47 bits per heavy atom. The number of unbranched alkanes of at least 4 members (excludes halogenated alkanes) is 4. The van der Waals surface area contributed by atoms with Gasteiger partial charge in [0.2, 0.25) is 5.13 Å². The lowest BCUT2D eigenvalue weighted by molar-refractivity contribution is 0.0644. The van der Waals surface area contributed by atoms with Crippen LogP contribution in [0.5, 0.6) is 0 Å². The first kappa shape index (κ1) is 34.3. The number of aromatic nitrogens is 1. The molecule has 2 aromatic carbocycles. The van der Waals surface area contributed by atoms with Crippen LogP contribution in [0.1, 0.15) is 55.0 Å². The SMILES string of the molecule is CN(CCCCCCCNC(=O)NCCSCc1csc(N=C(N)N)n1)CCOC(c1ccccc1)c1ccc(F)cc1. The number of aliphatic imine (C=N–C) groups is 1. The topological polar surface area (TPSA) is 131 Å². The highest BCUT2D eigenvalue weighted by Gasteiger charge is 2.15. The van der Waals surface area contributed by atoms with Crippen LogP contribution in [0.25, 0.3) is 0 Å². The largest absolute Gasteiger partial charge is 0.370 e. The molecule has 6 N–H and O–H groups in total. The molecule has 9 nitrogen and oxygen atoms in total. The number of guanidine groups is 1. The summed E-state index contributed by atoms with van der Waals surface area (Å²) >= 11 is 3.10. The fourth-order valence-corrected chi connectivity index (χ4v) is 5.89. The number of carbonyl (C=O) groups excluding carboxylic acids is 1. The Labute approximate surface area is 262 Å². The van der Waals surface area contributed by atoms with Crippen LogP contribution in [0.15, 0.2) is 65.0 Å². The molecule has 3 rings (SSSR count). The van der Waals surface area contributed by atoms with Crippen LogP contribution in [0.2, 0.25) is 0 Å². The maximum Gasteiger partial charge on any atom is 0.314 e. The molecule has 0 aliphatic carbocycles. The molecule has 0 aliphatic heterocycles. The van der Waals surface area contributed by atoms with Crippen LogP contribution in [0.4, 0.5) is 14.3 Å². The Hall–Kier alpha value is -3.19. The summed E-state index contributed by atoms with van der Waals surface area (Å²) in [7, 11) is 2.11. The average molecular weight is 630 g/mol. The number of amides is 2. The summed E-state index contributed by atoms with van der Waals surface area (Å²) in [6, 6.07) is 16.5. The Kier molecular flexibility index (Phi) is 15.9. The van der Waals surface area contributed by atoms with Gasteiger partial charge in [-0.05, 0) is 49.7 Å². The van der Waals surface area contributed by atoms with E-state index in [1.807, 2.05) is 35.7 Å². The summed E-state index contributed by atoms with van der Waals surface area (Å²) in [5.74, 6) is 1.30. The third-order valence-corrected chi connectivity index (χ3v) is 8.36. The number of likely N-dealkylation sites (N-methyl/N-ethyl adjacent to an activating group) is 1. The van der Waals surface area contributed by atoms with Crippen molar-refractivity contribution in [3.05, 3.63) is 82.6 Å². The number of halogens is 1. The second-order valence-electron chi connectivity index (χ2n) is 10.2. The zero-order chi connectivity index (χ0) is 30.7. The molecular weight excluding hydrogens is 586 g/mol. The Balaban J connectivity index is 1.16. The minimum Gasteiger partial charge on any atom is -0.370 e. The minimum absolute atomic E-state index is 0.00359. The second kappa shape index (κ2) is 19.9. The van der Waals surface area contributed by atoms with Gasteiger partial charge < -0.3 is 31.7 Å². The van der Waals surface area contributed by atoms with Gasteiger partial charge >= 0.3 is 6.03 Å². The normalized spacial score (nSPS) is 11.8. The maximum absolute atomic E-state index is 13.4. The number of hydrogen-bond acceptors (Lipinski definition) is 7. The molecule has 12 heteroatoms. The number of benzene rings is 2. The van der Waals surface area contributed by atoms with Crippen molar-refractivity contribution in [2.24, 2.45) is 16.5 Å². The standard InChI is InChI=1S/C31H44FN7O2S2/c1-39(19-20-41-28(24-10-6-5-7-11-24)25-12-14-26(32)15-13-25)18-9-4-2-3-8-16-35-30(40)36-17-21-42-22-27-23-43-31(37-27)38-29(33)34/h5-7,10-15,23,28H,2-4,8-9,16-22H2,1H3,(H2,35,36,40)(H4,33,34,37,38). The Morgan fingerprint density at radius 1 is 1.00 bits per heavy atom. The lowest BCUT2D eigenvalue weighted by Crippen LogP contribution is -2.37. The van der Waals surface area contributed by atoms with Crippen molar-refractivity contribution in [3.63, 3.8) is 0 Å². The maximum atomic E-state index is 13.4. The van der Waals surface area contributed by atoms with E-state index in [9.17, 15) is 9.18 Å². The number of thioether (sulfide) groups is 1. The van der Waals surface area contributed by atoms with Crippen LogP contribution in [-0.4, -0.2) is 67.5 Å². The molecule has 0 aliphatic rings. The number of hydrogen-bond donors (Lipinski definition) is 4. The van der Waals surface area contributed by atoms with Crippen molar-refractivity contribution in [1.29, 1.82) is 0 Å². The fourth-order valence-electron chi connectivity index (χ4n) is 4.33. The molecule has 3 aromatic rings. The van der Waals surface area contributed by atoms with Crippen LogP contribution in [-0.2, 0) is 10.5 Å². The van der Waals surface area contributed by atoms with E-state index in [1.165, 1.54) is 23.5 Å². The van der Waals surface area contributed by atoms with Crippen molar-refractivity contribution < 1.29 is 13.9 Å². The zero-order valence-corrected chi connectivity index (χ0v) is 26.5. The lowest BCUT2D eigenvalue weighted by Gasteiger charge is -2.22. The van der Waals surface area contributed by atoms with Gasteiger partial charge in [-0.2, -0.15) is 16.8 Å². The summed E-state index contributed by atoms with van der Waals surface area (Å²) < 4.78 is 19.7. The second-order valence-corrected chi connectivity index (χ2v) is 12.1. The summed E-state index contributed by atoms with van der Waals surface area (Å²) in [4.78, 5) is 22.5. The number of nitrogens with two attached hydrogens (primary N) is 2. The van der Waals surface area contributed by atoms with Gasteiger partial charge in [0.15, 0.2) is 5.96 Å². The summed E-state index contributed by atoms with van der Waals surface area (Å²) in [5.41, 5.74) is 13.7. The molecule has 0 saturated carbocycles. The molecule has 0 saturated heterocycles. The lowest BCUT2D eigenvalue weighted by atomic mass is 10.0. The number of thiazole rings is 1. The van der Waals surface area contributed by atoms with Gasteiger partial charge in [-0.25, -0.2) is 14.2 Å². The summed E-state index contributed by atoms with van der Waals surface area (Å²) in [6.45, 7) is 3.70. The zero-order valence-electron chi connectivity index (χ0n) is 24.8. The van der Waals surface area contributed by atoms with E-state index in [0.717, 1.165) is 73.5 Å². The third-order valence-electron chi connectivity index (χ3n) is 6.58. The number of rotatable bonds is 20. The smallest absolute Gasteiger partial charge is 0.314 e. The van der Waals surface area contributed by atoms with Crippen LogP contribution in [0.3, 0.4) is 0 Å². The highest BCUT2D eigenvalue weighted by atomic mass is 32.2. The molecule has 43 heavy (non-hydrogen) atoms. The van der Waals surface area contributed by atoms with Crippen LogP contribution >= 0.6 is 23.1 Å². The van der Waals surface area contributed by atoms with Crippen LogP contribution in [0, 0.1) is 5.82 Å². The molecule has 0 spiro atoms. The molecule has 234 valence electrons. The van der Waals surface area contributed by atoms with E-state index in [2.05, 4.69) is 32.6 Å². The quantitative estimate of drug-likeness (QED) is 0.0747. The van der Waals surface area contributed by atoms with Crippen LogP contribution < -0.4 is 22.1 Å². The van der Waals surface area contributed by atoms with Gasteiger partial charge in [0, 0.05) is 36.5 Å². The Bertz CT molecular complexity index is 1220. The predicted octanol–water partition coefficient (Wildman–Crippen LogP) is 5.41. The van der Waals surface area contributed by atoms with Crippen molar-refractivity contribution in [3.8, 4) is 0 Å². The van der Waals surface area contributed by atoms with Crippen molar-refractivity contribution in [2.45, 2.75) is 44.0 Å². The number of nitrogens with zero attached hydrogens (tertiary/aromatic N) is 3. The monoisotopic (exact) mass is 629 g/mol. The van der Waals surface area contributed by atoms with Crippen molar-refractivity contribution in [1.82, 2.24) is 20.5 Å². The van der Waals surface area contributed by atoms with E-state index >= 15 is 0 Å². The van der Waals surface area contributed by atoms with Gasteiger partial charge in [0.25, 0.3) is 0 Å². The van der Waals surface area contributed by atoms with Crippen molar-refractivity contribution >= 4 is 40.2 Å². The number of ether oxygens (including phenoxy) is 1. The average Bonchev–Trinajstić information content (AvgIpc) is 3.44. The molecule has 0 radical (unpaired) electrons. The molecule has 0 fully saturated rings. The first-order valence-electron chi connectivity index (χ1n) is 14.6. The molecule has 1 heterocycles. The van der Waals surface area contributed by atoms with Gasteiger partial charge in [0.1, 0.15) is 11.9 Å². The van der Waals surface area contributed by atoms with Crippen molar-refractivity contribution in [2.75, 3.05) is 45.6 Å². The molecule has 2 amide bonds. The third kappa shape index (κ3) is 14.2. The molecule has 1 unspecified atom stereocenters. The Morgan fingerprint density at radius 2 is 1.70 bits per heavy atom. The van der Waals surface area contributed by atoms with Gasteiger partial charge in [-0.3, -0.25) is 0 Å². The van der Waals surface area contributed by atoms with Gasteiger partial charge in [-0.15, -0.1) is 11.3 Å². The number of urea groups is 1. The predicted molar refractivity (Wildman–Crippen MR) is 176 cm³/mol. The number of carbonyl (C=O) groups is 1. The summed E-state index contributed by atoms with van der Waals surface area (Å²) in [5, 5.41) is 8.31. The van der Waals surface area contributed by atoms with E-state index in [1.54, 1.807) is 23.9 Å². The first-order valence-corrected chi connectivity index (χ1v) is 16.7. The van der Waals surface area contributed by atoms with E-state index in [-0.39, 0.29) is 23.9 Å². The summed E-state index contributed by atoms with van der Waals surface area (Å²) in [6.07, 6.45) is 5.27. The number of nitrogens with one attached hydrogen (secondary N) is 2. The van der Waals surface area contributed by atoms with E-state index < -0.39 is 0 Å². The first-order chi connectivity index (χ1) is 20.9.